The molecule has 25 heavy (non-hydrogen) atoms. The van der Waals surface area contributed by atoms with Crippen molar-refractivity contribution in [3.8, 4) is 0 Å². The maximum Gasteiger partial charge on any atom is 0.266 e. The lowest BCUT2D eigenvalue weighted by atomic mass is 10.3. The molecule has 0 bridgehead atoms. The Balaban J connectivity index is 1.39. The molecule has 8 nitrogen and oxygen atoms in total. The number of aryl methyl sites for hydroxylation is 1. The molecule has 1 fully saturated rings. The zero-order valence-electron chi connectivity index (χ0n) is 14.2. The summed E-state index contributed by atoms with van der Waals surface area (Å²) >= 11 is 0. The van der Waals surface area contributed by atoms with Gasteiger partial charge in [-0.2, -0.15) is 10.2 Å². The van der Waals surface area contributed by atoms with Crippen LogP contribution in [0.1, 0.15) is 5.69 Å². The summed E-state index contributed by atoms with van der Waals surface area (Å²) in [6.07, 6.45) is 5.33. The molecule has 0 aromatic carbocycles. The Morgan fingerprint density at radius 2 is 1.96 bits per heavy atom. The van der Waals surface area contributed by atoms with Gasteiger partial charge in [0.15, 0.2) is 5.82 Å². The third-order valence-electron chi connectivity index (χ3n) is 4.58. The second kappa shape index (κ2) is 6.64. The van der Waals surface area contributed by atoms with E-state index in [-0.39, 0.29) is 5.56 Å². The number of fused-ring (bicyclic) bond motifs is 1. The highest BCUT2D eigenvalue weighted by Gasteiger charge is 2.20. The van der Waals surface area contributed by atoms with Gasteiger partial charge in [0, 0.05) is 57.4 Å². The summed E-state index contributed by atoms with van der Waals surface area (Å²) in [5.74, 6) is 0.990. The second-order valence-corrected chi connectivity index (χ2v) is 6.28. The first-order chi connectivity index (χ1) is 12.2. The van der Waals surface area contributed by atoms with Crippen molar-refractivity contribution in [2.24, 2.45) is 0 Å². The van der Waals surface area contributed by atoms with Crippen molar-refractivity contribution in [3.05, 3.63) is 52.8 Å². The Hall–Kier alpha value is -2.74. The molecule has 0 N–H and O–H groups in total. The minimum Gasteiger partial charge on any atom is -0.352 e. The normalized spacial score (nSPS) is 15.8. The van der Waals surface area contributed by atoms with Crippen LogP contribution in [0.25, 0.3) is 5.52 Å². The van der Waals surface area contributed by atoms with Gasteiger partial charge in [0.1, 0.15) is 5.52 Å². The monoisotopic (exact) mass is 339 g/mol. The van der Waals surface area contributed by atoms with Gasteiger partial charge in [-0.15, -0.1) is 0 Å². The first-order valence-corrected chi connectivity index (χ1v) is 8.51. The van der Waals surface area contributed by atoms with Gasteiger partial charge in [0.25, 0.3) is 5.56 Å². The van der Waals surface area contributed by atoms with Crippen molar-refractivity contribution >= 4 is 11.3 Å². The van der Waals surface area contributed by atoms with Crippen LogP contribution in [-0.4, -0.2) is 62.0 Å². The van der Waals surface area contributed by atoms with Crippen LogP contribution >= 0.6 is 0 Å². The largest absolute Gasteiger partial charge is 0.352 e. The van der Waals surface area contributed by atoms with Crippen LogP contribution in [0.15, 0.2) is 41.6 Å². The van der Waals surface area contributed by atoms with Crippen LogP contribution in [0.2, 0.25) is 0 Å². The predicted molar refractivity (Wildman–Crippen MR) is 94.9 cm³/mol. The van der Waals surface area contributed by atoms with Crippen LogP contribution in [0.4, 0.5) is 5.82 Å². The van der Waals surface area contributed by atoms with Crippen molar-refractivity contribution in [3.63, 3.8) is 0 Å². The summed E-state index contributed by atoms with van der Waals surface area (Å²) in [5, 5.41) is 8.56. The minimum absolute atomic E-state index is 0.0480. The molecule has 4 heterocycles. The molecule has 0 spiro atoms. The molecule has 1 aliphatic rings. The van der Waals surface area contributed by atoms with Gasteiger partial charge in [-0.1, -0.05) is 0 Å². The standard InChI is InChI=1S/C17H21N7O/c1-14-13-15-17(18-5-6-23(15)20-14)22-10-7-21(8-11-22)9-12-24-16(25)3-2-4-19-24/h2-6,13H,7-12H2,1H3. The van der Waals surface area contributed by atoms with E-state index in [4.69, 9.17) is 0 Å². The Labute approximate surface area is 145 Å². The molecule has 0 amide bonds. The predicted octanol–water partition coefficient (Wildman–Crippen LogP) is 0.417. The minimum atomic E-state index is -0.0480. The van der Waals surface area contributed by atoms with Crippen molar-refractivity contribution < 1.29 is 0 Å². The lowest BCUT2D eigenvalue weighted by molar-refractivity contribution is 0.242. The fourth-order valence-electron chi connectivity index (χ4n) is 3.25. The summed E-state index contributed by atoms with van der Waals surface area (Å²) in [6, 6.07) is 5.29. The quantitative estimate of drug-likeness (QED) is 0.686. The molecule has 1 aliphatic heterocycles. The number of piperazine rings is 1. The van der Waals surface area contributed by atoms with Crippen LogP contribution < -0.4 is 10.5 Å². The molecule has 4 rings (SSSR count). The van der Waals surface area contributed by atoms with Gasteiger partial charge in [-0.25, -0.2) is 14.2 Å². The molecule has 8 heteroatoms. The van der Waals surface area contributed by atoms with E-state index < -0.39 is 0 Å². The Kier molecular flexibility index (Phi) is 4.19. The average molecular weight is 339 g/mol. The lowest BCUT2D eigenvalue weighted by Crippen LogP contribution is -2.48. The van der Waals surface area contributed by atoms with Gasteiger partial charge in [0.2, 0.25) is 0 Å². The van der Waals surface area contributed by atoms with E-state index in [0.717, 1.165) is 49.8 Å². The van der Waals surface area contributed by atoms with E-state index in [1.807, 2.05) is 17.6 Å². The third-order valence-corrected chi connectivity index (χ3v) is 4.58. The molecule has 0 aliphatic carbocycles. The molecule has 3 aromatic heterocycles. The fourth-order valence-corrected chi connectivity index (χ4v) is 3.25. The van der Waals surface area contributed by atoms with Gasteiger partial charge >= 0.3 is 0 Å². The number of anilines is 1. The fraction of sp³-hybridized carbons (Fsp3) is 0.412. The SMILES string of the molecule is Cc1cc2c(N3CCN(CCn4ncccc4=O)CC3)nccn2n1. The van der Waals surface area contributed by atoms with Gasteiger partial charge in [-0.3, -0.25) is 9.69 Å². The molecule has 0 saturated carbocycles. The summed E-state index contributed by atoms with van der Waals surface area (Å²) < 4.78 is 3.40. The Bertz CT molecular complexity index is 924. The summed E-state index contributed by atoms with van der Waals surface area (Å²) in [6.45, 7) is 7.15. The first-order valence-electron chi connectivity index (χ1n) is 8.51. The van der Waals surface area contributed by atoms with E-state index in [2.05, 4.69) is 31.0 Å². The Morgan fingerprint density at radius 1 is 1.12 bits per heavy atom. The van der Waals surface area contributed by atoms with Crippen molar-refractivity contribution in [2.45, 2.75) is 13.5 Å². The molecule has 1 saturated heterocycles. The highest BCUT2D eigenvalue weighted by atomic mass is 16.1. The molecule has 3 aromatic rings. The molecule has 0 radical (unpaired) electrons. The van der Waals surface area contributed by atoms with Crippen molar-refractivity contribution in [2.75, 3.05) is 37.6 Å². The van der Waals surface area contributed by atoms with E-state index in [1.165, 1.54) is 4.68 Å². The van der Waals surface area contributed by atoms with Gasteiger partial charge in [0.05, 0.1) is 12.2 Å². The third kappa shape index (κ3) is 3.25. The van der Waals surface area contributed by atoms with Crippen LogP contribution in [0, 0.1) is 6.92 Å². The second-order valence-electron chi connectivity index (χ2n) is 6.28. The van der Waals surface area contributed by atoms with E-state index in [9.17, 15) is 4.79 Å². The van der Waals surface area contributed by atoms with Crippen LogP contribution in [0.3, 0.4) is 0 Å². The van der Waals surface area contributed by atoms with E-state index in [1.54, 1.807) is 24.5 Å². The summed E-state index contributed by atoms with van der Waals surface area (Å²) in [7, 11) is 0. The van der Waals surface area contributed by atoms with Gasteiger partial charge < -0.3 is 4.90 Å². The number of aromatic nitrogens is 5. The Morgan fingerprint density at radius 3 is 2.76 bits per heavy atom. The lowest BCUT2D eigenvalue weighted by Gasteiger charge is -2.35. The number of hydrogen-bond acceptors (Lipinski definition) is 6. The summed E-state index contributed by atoms with van der Waals surface area (Å²) in [5.41, 5.74) is 2.00. The van der Waals surface area contributed by atoms with E-state index >= 15 is 0 Å². The molecular weight excluding hydrogens is 318 g/mol. The number of nitrogens with zero attached hydrogens (tertiary/aromatic N) is 7. The molecular formula is C17H21N7O. The summed E-state index contributed by atoms with van der Waals surface area (Å²) in [4.78, 5) is 20.9. The van der Waals surface area contributed by atoms with Crippen molar-refractivity contribution in [1.82, 2.24) is 29.3 Å². The number of hydrogen-bond donors (Lipinski definition) is 0. The maximum absolute atomic E-state index is 11.7. The molecule has 0 atom stereocenters. The van der Waals surface area contributed by atoms with E-state index in [0.29, 0.717) is 6.54 Å². The highest BCUT2D eigenvalue weighted by molar-refractivity contribution is 5.69. The molecule has 130 valence electrons. The zero-order valence-corrected chi connectivity index (χ0v) is 14.2. The first kappa shape index (κ1) is 15.8. The van der Waals surface area contributed by atoms with Crippen LogP contribution in [0.5, 0.6) is 0 Å². The van der Waals surface area contributed by atoms with Crippen LogP contribution in [-0.2, 0) is 6.54 Å². The smallest absolute Gasteiger partial charge is 0.266 e. The molecule has 0 unspecified atom stereocenters. The highest BCUT2D eigenvalue weighted by Crippen LogP contribution is 2.20. The maximum atomic E-state index is 11.7. The van der Waals surface area contributed by atoms with Gasteiger partial charge in [-0.05, 0) is 19.1 Å². The zero-order chi connectivity index (χ0) is 17.2. The van der Waals surface area contributed by atoms with Crippen molar-refractivity contribution in [1.29, 1.82) is 0 Å². The topological polar surface area (TPSA) is 71.6 Å². The number of rotatable bonds is 4. The average Bonchev–Trinajstić information content (AvgIpc) is 3.02.